The number of amides is 3. The molecular formula is C31H54N4O6S. The molecule has 0 spiro atoms. The molecule has 0 saturated carbocycles. The summed E-state index contributed by atoms with van der Waals surface area (Å²) in [6, 6.07) is -2.22. The zero-order valence-corrected chi connectivity index (χ0v) is 28.4. The lowest BCUT2D eigenvalue weighted by Gasteiger charge is -2.38. The summed E-state index contributed by atoms with van der Waals surface area (Å²) in [5, 5.41) is 6.52. The second kappa shape index (κ2) is 15.0. The van der Waals surface area contributed by atoms with Crippen LogP contribution in [0, 0.1) is 17.3 Å². The standard InChI is InChI=1S/C31H54N4O6S/c1-12-14-22(40-11)16-15-19(4)24-30(7,8)28(38)33-20(5)26-34-31(9,17-42-26)29(39)35(10)23(18(3)13-2)25(36)32-21(6)27(37)41-24/h18-24H,12-17H2,1-11H3,(H,32,36)(H,33,38). The van der Waals surface area contributed by atoms with Crippen molar-refractivity contribution in [1.82, 2.24) is 15.5 Å². The molecule has 0 aromatic carbocycles. The molecule has 2 aliphatic heterocycles. The molecule has 3 amide bonds. The predicted octanol–water partition coefficient (Wildman–Crippen LogP) is 3.96. The molecule has 0 aliphatic carbocycles. The quantitative estimate of drug-likeness (QED) is 0.379. The molecule has 0 aromatic rings. The number of carbonyl (C=O) groups excluding carboxylic acids is 4. The Balaban J connectivity index is 2.53. The van der Waals surface area contributed by atoms with Crippen molar-refractivity contribution in [2.24, 2.45) is 22.2 Å². The van der Waals surface area contributed by atoms with Crippen molar-refractivity contribution in [3.05, 3.63) is 0 Å². The van der Waals surface area contributed by atoms with E-state index in [2.05, 4.69) is 17.6 Å². The van der Waals surface area contributed by atoms with Gasteiger partial charge in [-0.1, -0.05) is 40.5 Å². The highest BCUT2D eigenvalue weighted by Crippen LogP contribution is 2.35. The first-order valence-corrected chi connectivity index (χ1v) is 16.4. The maximum absolute atomic E-state index is 13.8. The minimum Gasteiger partial charge on any atom is -0.459 e. The van der Waals surface area contributed by atoms with Gasteiger partial charge in [-0.05, 0) is 65.7 Å². The zero-order valence-electron chi connectivity index (χ0n) is 27.5. The smallest absolute Gasteiger partial charge is 0.328 e. The summed E-state index contributed by atoms with van der Waals surface area (Å²) in [5.74, 6) is -1.53. The van der Waals surface area contributed by atoms with Crippen LogP contribution in [0.2, 0.25) is 0 Å². The second-order valence-electron chi connectivity index (χ2n) is 13.0. The number of hydrogen-bond donors (Lipinski definition) is 2. The molecule has 2 aliphatic rings. The van der Waals surface area contributed by atoms with E-state index in [0.29, 0.717) is 23.6 Å². The van der Waals surface area contributed by atoms with E-state index >= 15 is 0 Å². The fraction of sp³-hybridized carbons (Fsp3) is 0.839. The lowest BCUT2D eigenvalue weighted by molar-refractivity contribution is -0.167. The van der Waals surface area contributed by atoms with Crippen LogP contribution in [-0.2, 0) is 28.7 Å². The van der Waals surface area contributed by atoms with E-state index in [0.717, 1.165) is 19.3 Å². The van der Waals surface area contributed by atoms with Crippen molar-refractivity contribution in [3.8, 4) is 0 Å². The van der Waals surface area contributed by atoms with Crippen LogP contribution in [0.25, 0.3) is 0 Å². The molecule has 0 saturated heterocycles. The summed E-state index contributed by atoms with van der Waals surface area (Å²) >= 11 is 1.44. The highest BCUT2D eigenvalue weighted by molar-refractivity contribution is 8.14. The maximum atomic E-state index is 13.8. The largest absolute Gasteiger partial charge is 0.459 e. The van der Waals surface area contributed by atoms with E-state index in [4.69, 9.17) is 14.5 Å². The highest BCUT2D eigenvalue weighted by Gasteiger charge is 2.47. The van der Waals surface area contributed by atoms with E-state index in [1.165, 1.54) is 16.7 Å². The first-order valence-electron chi connectivity index (χ1n) is 15.4. The molecule has 0 aromatic heterocycles. The number of nitrogens with one attached hydrogen (secondary N) is 2. The number of carbonyl (C=O) groups is 4. The van der Waals surface area contributed by atoms with Gasteiger partial charge in [0.1, 0.15) is 23.7 Å². The molecule has 11 heteroatoms. The van der Waals surface area contributed by atoms with Crippen molar-refractivity contribution >= 4 is 40.5 Å². The van der Waals surface area contributed by atoms with Crippen molar-refractivity contribution in [3.63, 3.8) is 0 Å². The van der Waals surface area contributed by atoms with Gasteiger partial charge in [-0.2, -0.15) is 0 Å². The van der Waals surface area contributed by atoms with Crippen molar-refractivity contribution < 1.29 is 28.7 Å². The molecule has 0 fully saturated rings. The topological polar surface area (TPSA) is 126 Å². The first kappa shape index (κ1) is 36.1. The summed E-state index contributed by atoms with van der Waals surface area (Å²) in [4.78, 5) is 60.9. The Labute approximate surface area is 256 Å². The summed E-state index contributed by atoms with van der Waals surface area (Å²) < 4.78 is 11.7. The molecule has 10 nitrogen and oxygen atoms in total. The van der Waals surface area contributed by atoms with Gasteiger partial charge in [-0.25, -0.2) is 4.79 Å². The van der Waals surface area contributed by atoms with E-state index in [9.17, 15) is 19.2 Å². The van der Waals surface area contributed by atoms with Crippen LogP contribution >= 0.6 is 11.8 Å². The predicted molar refractivity (Wildman–Crippen MR) is 167 cm³/mol. The van der Waals surface area contributed by atoms with E-state index in [1.54, 1.807) is 41.9 Å². The summed E-state index contributed by atoms with van der Waals surface area (Å²) in [7, 11) is 3.32. The average Bonchev–Trinajstić information content (AvgIpc) is 3.35. The molecule has 42 heavy (non-hydrogen) atoms. The normalized spacial score (nSPS) is 31.5. The Hall–Kier alpha value is -2.14. The van der Waals surface area contributed by atoms with E-state index < -0.39 is 47.1 Å². The third-order valence-corrected chi connectivity index (χ3v) is 10.3. The molecule has 2 heterocycles. The number of aliphatic imine (C=N–C) groups is 1. The Morgan fingerprint density at radius 2 is 1.67 bits per heavy atom. The zero-order chi connectivity index (χ0) is 32.0. The van der Waals surface area contributed by atoms with Gasteiger partial charge in [0.05, 0.1) is 22.6 Å². The van der Waals surface area contributed by atoms with Crippen LogP contribution < -0.4 is 10.6 Å². The van der Waals surface area contributed by atoms with Gasteiger partial charge >= 0.3 is 5.97 Å². The summed E-state index contributed by atoms with van der Waals surface area (Å²) in [5.41, 5.74) is -2.18. The molecular weight excluding hydrogens is 556 g/mol. The second-order valence-corrected chi connectivity index (χ2v) is 14.0. The van der Waals surface area contributed by atoms with E-state index in [-0.39, 0.29) is 29.8 Å². The molecule has 8 unspecified atom stereocenters. The number of nitrogens with zero attached hydrogens (tertiary/aromatic N) is 2. The SMILES string of the molecule is CCCC(CCC(C)C1OC(=O)C(C)NC(=O)C(C(C)CC)N(C)C(=O)C2(C)CSC(=N2)C(C)NC(=O)C1(C)C)OC. The minimum atomic E-state index is -1.10. The number of rotatable bonds is 9. The molecule has 2 N–H and O–H groups in total. The Bertz CT molecular complexity index is 1020. The fourth-order valence-electron chi connectivity index (χ4n) is 5.83. The number of likely N-dealkylation sites (N-methyl/N-ethyl adjacent to an activating group) is 1. The van der Waals surface area contributed by atoms with Crippen molar-refractivity contribution in [2.45, 2.75) is 130 Å². The number of hydrogen-bond acceptors (Lipinski definition) is 8. The van der Waals surface area contributed by atoms with Crippen LogP contribution in [0.4, 0.5) is 0 Å². The molecule has 0 radical (unpaired) electrons. The number of esters is 1. The van der Waals surface area contributed by atoms with Gasteiger partial charge in [-0.3, -0.25) is 19.4 Å². The Kier molecular flexibility index (Phi) is 12.9. The van der Waals surface area contributed by atoms with Gasteiger partial charge in [0, 0.05) is 19.9 Å². The van der Waals surface area contributed by atoms with Gasteiger partial charge < -0.3 is 25.0 Å². The van der Waals surface area contributed by atoms with Crippen LogP contribution in [0.5, 0.6) is 0 Å². The third-order valence-electron chi connectivity index (χ3n) is 8.88. The monoisotopic (exact) mass is 610 g/mol. The van der Waals surface area contributed by atoms with Crippen LogP contribution in [0.15, 0.2) is 4.99 Å². The number of fused-ring (bicyclic) bond motifs is 1. The first-order chi connectivity index (χ1) is 19.5. The Morgan fingerprint density at radius 1 is 1.02 bits per heavy atom. The van der Waals surface area contributed by atoms with Gasteiger partial charge in [-0.15, -0.1) is 11.8 Å². The average molecular weight is 611 g/mol. The maximum Gasteiger partial charge on any atom is 0.328 e. The van der Waals surface area contributed by atoms with Crippen molar-refractivity contribution in [1.29, 1.82) is 0 Å². The molecule has 8 atom stereocenters. The Morgan fingerprint density at radius 3 is 2.24 bits per heavy atom. The third kappa shape index (κ3) is 8.27. The van der Waals surface area contributed by atoms with Crippen LogP contribution in [0.3, 0.4) is 0 Å². The fourth-order valence-corrected chi connectivity index (χ4v) is 7.03. The van der Waals surface area contributed by atoms with Crippen molar-refractivity contribution in [2.75, 3.05) is 19.9 Å². The number of ether oxygens (including phenoxy) is 2. The summed E-state index contributed by atoms with van der Waals surface area (Å²) in [6.07, 6.45) is 3.35. The van der Waals surface area contributed by atoms with Crippen LogP contribution in [0.1, 0.15) is 94.4 Å². The lowest BCUT2D eigenvalue weighted by atomic mass is 9.77. The number of thioether (sulfide) groups is 1. The molecule has 2 rings (SSSR count). The van der Waals surface area contributed by atoms with Gasteiger partial charge in [0.2, 0.25) is 11.8 Å². The van der Waals surface area contributed by atoms with Crippen LogP contribution in [-0.4, -0.2) is 89.4 Å². The minimum absolute atomic E-state index is 0.0819. The lowest BCUT2D eigenvalue weighted by Crippen LogP contribution is -2.58. The highest BCUT2D eigenvalue weighted by atomic mass is 32.2. The van der Waals surface area contributed by atoms with Gasteiger partial charge in [0.15, 0.2) is 0 Å². The number of cyclic esters (lactones) is 1. The molecule has 240 valence electrons. The van der Waals surface area contributed by atoms with E-state index in [1.807, 2.05) is 27.7 Å². The van der Waals surface area contributed by atoms with Gasteiger partial charge in [0.25, 0.3) is 5.91 Å². The molecule has 2 bridgehead atoms. The number of methoxy groups -OCH3 is 1. The summed E-state index contributed by atoms with van der Waals surface area (Å²) in [6.45, 7) is 16.7.